The summed E-state index contributed by atoms with van der Waals surface area (Å²) in [5, 5.41) is 3.71. The van der Waals surface area contributed by atoms with Gasteiger partial charge in [0.25, 0.3) is 0 Å². The van der Waals surface area contributed by atoms with E-state index in [1.165, 1.54) is 0 Å². The minimum absolute atomic E-state index is 0.0313. The van der Waals surface area contributed by atoms with Crippen LogP contribution in [0.25, 0.3) is 0 Å². The van der Waals surface area contributed by atoms with Gasteiger partial charge in [0.2, 0.25) is 0 Å². The van der Waals surface area contributed by atoms with E-state index in [1.54, 1.807) is 24.3 Å². The van der Waals surface area contributed by atoms with Crippen LogP contribution in [-0.4, -0.2) is 12.1 Å². The summed E-state index contributed by atoms with van der Waals surface area (Å²) in [6, 6.07) is 8.87. The molecule has 0 unspecified atom stereocenters. The molecule has 0 aliphatic carbocycles. The molecule has 0 aliphatic heterocycles. The SMILES string of the molecule is CC(C)[N]C(=O)Oc1ccccc1. The van der Waals surface area contributed by atoms with Crippen molar-refractivity contribution in [2.75, 3.05) is 0 Å². The molecular formula is C10H12NO2. The highest BCUT2D eigenvalue weighted by molar-refractivity contribution is 5.70. The van der Waals surface area contributed by atoms with E-state index < -0.39 is 6.09 Å². The average Bonchev–Trinajstić information content (AvgIpc) is 2.04. The molecule has 1 aromatic carbocycles. The third-order valence-electron chi connectivity index (χ3n) is 1.31. The van der Waals surface area contributed by atoms with Crippen LogP contribution in [0.15, 0.2) is 30.3 Å². The molecule has 69 valence electrons. The van der Waals surface area contributed by atoms with Crippen molar-refractivity contribution in [1.82, 2.24) is 5.32 Å². The maximum Gasteiger partial charge on any atom is 0.434 e. The zero-order valence-corrected chi connectivity index (χ0v) is 7.73. The van der Waals surface area contributed by atoms with Crippen LogP contribution < -0.4 is 10.1 Å². The van der Waals surface area contributed by atoms with Gasteiger partial charge >= 0.3 is 6.09 Å². The van der Waals surface area contributed by atoms with Gasteiger partial charge in [0, 0.05) is 0 Å². The molecule has 1 aromatic rings. The van der Waals surface area contributed by atoms with Crippen LogP contribution in [0.3, 0.4) is 0 Å². The molecule has 0 aromatic heterocycles. The summed E-state index contributed by atoms with van der Waals surface area (Å²) in [4.78, 5) is 11.0. The molecule has 0 saturated carbocycles. The first-order valence-electron chi connectivity index (χ1n) is 4.16. The summed E-state index contributed by atoms with van der Waals surface area (Å²) in [6.45, 7) is 3.65. The molecule has 0 heterocycles. The van der Waals surface area contributed by atoms with Gasteiger partial charge in [-0.2, -0.15) is 0 Å². The summed E-state index contributed by atoms with van der Waals surface area (Å²) in [6.07, 6.45) is -0.541. The molecule has 13 heavy (non-hydrogen) atoms. The Morgan fingerprint density at radius 1 is 1.31 bits per heavy atom. The Bertz CT molecular complexity index is 270. The standard InChI is InChI=1S/C10H12NO2/c1-8(2)11-10(12)13-9-6-4-3-5-7-9/h3-8H,1-2H3. The zero-order chi connectivity index (χ0) is 9.68. The fourth-order valence-electron chi connectivity index (χ4n) is 0.827. The molecule has 0 spiro atoms. The van der Waals surface area contributed by atoms with Gasteiger partial charge in [0.15, 0.2) is 0 Å². The monoisotopic (exact) mass is 178 g/mol. The number of para-hydroxylation sites is 1. The van der Waals surface area contributed by atoms with Crippen molar-refractivity contribution in [3.05, 3.63) is 30.3 Å². The molecule has 0 bridgehead atoms. The van der Waals surface area contributed by atoms with Crippen molar-refractivity contribution in [3.8, 4) is 5.75 Å². The second-order valence-electron chi connectivity index (χ2n) is 2.90. The van der Waals surface area contributed by atoms with Crippen LogP contribution >= 0.6 is 0 Å². The Morgan fingerprint density at radius 3 is 2.46 bits per heavy atom. The van der Waals surface area contributed by atoms with Gasteiger partial charge in [0.1, 0.15) is 5.75 Å². The molecule has 0 aliphatic rings. The molecular weight excluding hydrogens is 166 g/mol. The van der Waals surface area contributed by atoms with E-state index in [9.17, 15) is 4.79 Å². The first kappa shape index (κ1) is 9.58. The normalized spacial score (nSPS) is 9.77. The predicted molar refractivity (Wildman–Crippen MR) is 49.7 cm³/mol. The van der Waals surface area contributed by atoms with Crippen molar-refractivity contribution >= 4 is 6.09 Å². The van der Waals surface area contributed by atoms with Crippen molar-refractivity contribution in [2.24, 2.45) is 0 Å². The number of ether oxygens (including phenoxy) is 1. The Balaban J connectivity index is 2.46. The Hall–Kier alpha value is -1.51. The van der Waals surface area contributed by atoms with Crippen LogP contribution in [-0.2, 0) is 0 Å². The lowest BCUT2D eigenvalue weighted by atomic mass is 10.3. The lowest BCUT2D eigenvalue weighted by Gasteiger charge is -2.05. The number of rotatable bonds is 2. The smallest absolute Gasteiger partial charge is 0.409 e. The quantitative estimate of drug-likeness (QED) is 0.696. The lowest BCUT2D eigenvalue weighted by molar-refractivity contribution is 0.196. The van der Waals surface area contributed by atoms with E-state index in [0.717, 1.165) is 0 Å². The first-order valence-corrected chi connectivity index (χ1v) is 4.16. The van der Waals surface area contributed by atoms with E-state index in [-0.39, 0.29) is 6.04 Å². The number of amides is 1. The Kier molecular flexibility index (Phi) is 3.31. The maximum atomic E-state index is 11.0. The minimum Gasteiger partial charge on any atom is -0.409 e. The highest BCUT2D eigenvalue weighted by Gasteiger charge is 2.06. The average molecular weight is 178 g/mol. The highest BCUT2D eigenvalue weighted by Crippen LogP contribution is 2.08. The number of hydrogen-bond donors (Lipinski definition) is 0. The topological polar surface area (TPSA) is 40.4 Å². The zero-order valence-electron chi connectivity index (χ0n) is 7.73. The molecule has 3 nitrogen and oxygen atoms in total. The van der Waals surface area contributed by atoms with E-state index >= 15 is 0 Å². The van der Waals surface area contributed by atoms with Gasteiger partial charge in [-0.3, -0.25) is 0 Å². The number of hydrogen-bond acceptors (Lipinski definition) is 2. The van der Waals surface area contributed by atoms with Gasteiger partial charge in [-0.05, 0) is 26.0 Å². The van der Waals surface area contributed by atoms with Gasteiger partial charge in [-0.15, -0.1) is 0 Å². The fraction of sp³-hybridized carbons (Fsp3) is 0.300. The number of carbonyl (C=O) groups excluding carboxylic acids is 1. The van der Waals surface area contributed by atoms with Crippen molar-refractivity contribution in [2.45, 2.75) is 19.9 Å². The van der Waals surface area contributed by atoms with Crippen LogP contribution in [0.4, 0.5) is 4.79 Å². The van der Waals surface area contributed by atoms with Crippen molar-refractivity contribution < 1.29 is 9.53 Å². The summed E-state index contributed by atoms with van der Waals surface area (Å²) >= 11 is 0. The number of benzene rings is 1. The summed E-state index contributed by atoms with van der Waals surface area (Å²) in [5.74, 6) is 0.525. The van der Waals surface area contributed by atoms with Crippen molar-refractivity contribution in [3.63, 3.8) is 0 Å². The third kappa shape index (κ3) is 3.60. The van der Waals surface area contributed by atoms with Gasteiger partial charge in [-0.1, -0.05) is 18.2 Å². The fourth-order valence-corrected chi connectivity index (χ4v) is 0.827. The molecule has 3 heteroatoms. The summed E-state index contributed by atoms with van der Waals surface area (Å²) < 4.78 is 4.92. The third-order valence-corrected chi connectivity index (χ3v) is 1.31. The highest BCUT2D eigenvalue weighted by atomic mass is 16.6. The molecule has 0 saturated heterocycles. The maximum absolute atomic E-state index is 11.0. The van der Waals surface area contributed by atoms with Crippen LogP contribution in [0.1, 0.15) is 13.8 Å². The second-order valence-corrected chi connectivity index (χ2v) is 2.90. The van der Waals surface area contributed by atoms with Crippen LogP contribution in [0.5, 0.6) is 5.75 Å². The lowest BCUT2D eigenvalue weighted by Crippen LogP contribution is -2.25. The molecule has 1 radical (unpaired) electrons. The van der Waals surface area contributed by atoms with E-state index in [0.29, 0.717) is 5.75 Å². The first-order chi connectivity index (χ1) is 6.18. The molecule has 0 N–H and O–H groups in total. The largest absolute Gasteiger partial charge is 0.434 e. The molecule has 1 amide bonds. The van der Waals surface area contributed by atoms with Gasteiger partial charge < -0.3 is 4.74 Å². The summed E-state index contributed by atoms with van der Waals surface area (Å²) in [5.41, 5.74) is 0. The Morgan fingerprint density at radius 2 is 1.92 bits per heavy atom. The summed E-state index contributed by atoms with van der Waals surface area (Å²) in [7, 11) is 0. The minimum atomic E-state index is -0.541. The van der Waals surface area contributed by atoms with Crippen LogP contribution in [0, 0.1) is 0 Å². The number of carbonyl (C=O) groups is 1. The van der Waals surface area contributed by atoms with Gasteiger partial charge in [0.05, 0.1) is 6.04 Å². The molecule has 0 fully saturated rings. The molecule has 0 atom stereocenters. The van der Waals surface area contributed by atoms with E-state index in [2.05, 4.69) is 5.32 Å². The Labute approximate surface area is 77.7 Å². The second kappa shape index (κ2) is 4.50. The predicted octanol–water partition coefficient (Wildman–Crippen LogP) is 2.20. The molecule has 1 rings (SSSR count). The van der Waals surface area contributed by atoms with E-state index in [1.807, 2.05) is 19.9 Å². The van der Waals surface area contributed by atoms with E-state index in [4.69, 9.17) is 4.74 Å². The van der Waals surface area contributed by atoms with Gasteiger partial charge in [-0.25, -0.2) is 10.1 Å². The van der Waals surface area contributed by atoms with Crippen molar-refractivity contribution in [1.29, 1.82) is 0 Å². The van der Waals surface area contributed by atoms with Crippen LogP contribution in [0.2, 0.25) is 0 Å². The number of nitrogens with zero attached hydrogens (tertiary/aromatic N) is 1.